The van der Waals surface area contributed by atoms with Gasteiger partial charge in [0.1, 0.15) is 11.5 Å². The third-order valence-corrected chi connectivity index (χ3v) is 3.18. The van der Waals surface area contributed by atoms with Gasteiger partial charge in [0, 0.05) is 24.3 Å². The summed E-state index contributed by atoms with van der Waals surface area (Å²) in [4.78, 5) is 22.9. The molecule has 5 heteroatoms. The lowest BCUT2D eigenvalue weighted by Gasteiger charge is -2.06. The fourth-order valence-electron chi connectivity index (χ4n) is 2.10. The third kappa shape index (κ3) is 4.98. The predicted octanol–water partition coefficient (Wildman–Crippen LogP) is 3.58. The fourth-order valence-corrected chi connectivity index (χ4v) is 2.10. The number of esters is 1. The fraction of sp³-hybridized carbons (Fsp3) is 0.158. The van der Waals surface area contributed by atoms with Gasteiger partial charge < -0.3 is 14.8 Å². The van der Waals surface area contributed by atoms with Gasteiger partial charge in [0.25, 0.3) is 0 Å². The standard InChI is InChI=1S/C19H19NO4/c1-13-4-10-18(23-3)15(12-13)5-11-19(22)24-17-8-6-16(7-9-17)20-14(2)21/h4-12H,1-3H3,(H,20,21)/b11-5+. The Morgan fingerprint density at radius 2 is 1.79 bits per heavy atom. The van der Waals surface area contributed by atoms with Crippen LogP contribution in [0.15, 0.2) is 48.5 Å². The van der Waals surface area contributed by atoms with Crippen LogP contribution < -0.4 is 14.8 Å². The van der Waals surface area contributed by atoms with E-state index in [1.165, 1.54) is 13.0 Å². The van der Waals surface area contributed by atoms with Crippen LogP contribution in [0.25, 0.3) is 6.08 Å². The van der Waals surface area contributed by atoms with Gasteiger partial charge in [-0.25, -0.2) is 4.79 Å². The number of benzene rings is 2. The quantitative estimate of drug-likeness (QED) is 0.518. The molecule has 0 saturated carbocycles. The van der Waals surface area contributed by atoms with E-state index in [9.17, 15) is 9.59 Å². The Morgan fingerprint density at radius 3 is 2.42 bits per heavy atom. The summed E-state index contributed by atoms with van der Waals surface area (Å²) in [6, 6.07) is 12.3. The zero-order valence-corrected chi connectivity index (χ0v) is 13.8. The Balaban J connectivity index is 2.02. The number of hydrogen-bond acceptors (Lipinski definition) is 4. The minimum Gasteiger partial charge on any atom is -0.496 e. The van der Waals surface area contributed by atoms with E-state index < -0.39 is 5.97 Å². The summed E-state index contributed by atoms with van der Waals surface area (Å²) < 4.78 is 10.5. The maximum atomic E-state index is 11.9. The Bertz CT molecular complexity index is 763. The molecule has 0 aliphatic rings. The second kappa shape index (κ2) is 7.97. The van der Waals surface area contributed by atoms with Crippen LogP contribution in [0, 0.1) is 6.92 Å². The van der Waals surface area contributed by atoms with Crippen LogP contribution in [0.1, 0.15) is 18.1 Å². The smallest absolute Gasteiger partial charge is 0.336 e. The van der Waals surface area contributed by atoms with Crippen molar-refractivity contribution in [1.82, 2.24) is 0 Å². The molecular formula is C19H19NO4. The minimum absolute atomic E-state index is 0.158. The van der Waals surface area contributed by atoms with E-state index in [4.69, 9.17) is 9.47 Å². The molecule has 0 bridgehead atoms. The van der Waals surface area contributed by atoms with Gasteiger partial charge in [-0.1, -0.05) is 11.6 Å². The largest absolute Gasteiger partial charge is 0.496 e. The van der Waals surface area contributed by atoms with Gasteiger partial charge in [-0.05, 0) is 49.4 Å². The van der Waals surface area contributed by atoms with Crippen molar-refractivity contribution < 1.29 is 19.1 Å². The van der Waals surface area contributed by atoms with Crippen molar-refractivity contribution in [2.24, 2.45) is 0 Å². The van der Waals surface area contributed by atoms with Gasteiger partial charge in [-0.3, -0.25) is 4.79 Å². The molecule has 2 aromatic carbocycles. The molecule has 1 amide bonds. The zero-order valence-electron chi connectivity index (χ0n) is 13.8. The monoisotopic (exact) mass is 325 g/mol. The molecule has 0 unspecified atom stereocenters. The first-order chi connectivity index (χ1) is 11.5. The summed E-state index contributed by atoms with van der Waals surface area (Å²) in [6.07, 6.45) is 3.00. The van der Waals surface area contributed by atoms with E-state index in [1.54, 1.807) is 37.5 Å². The highest BCUT2D eigenvalue weighted by atomic mass is 16.5. The molecule has 124 valence electrons. The first-order valence-corrected chi connectivity index (χ1v) is 7.40. The summed E-state index contributed by atoms with van der Waals surface area (Å²) in [5.41, 5.74) is 2.51. The number of carbonyl (C=O) groups excluding carboxylic acids is 2. The summed E-state index contributed by atoms with van der Waals surface area (Å²) in [6.45, 7) is 3.39. The highest BCUT2D eigenvalue weighted by Crippen LogP contribution is 2.21. The molecule has 0 atom stereocenters. The molecule has 0 radical (unpaired) electrons. The molecule has 0 spiro atoms. The van der Waals surface area contributed by atoms with Crippen molar-refractivity contribution in [2.75, 3.05) is 12.4 Å². The molecule has 2 aromatic rings. The molecule has 0 heterocycles. The number of anilines is 1. The second-order valence-electron chi connectivity index (χ2n) is 5.21. The average Bonchev–Trinajstić information content (AvgIpc) is 2.54. The molecule has 0 aromatic heterocycles. The van der Waals surface area contributed by atoms with Crippen molar-refractivity contribution >= 4 is 23.6 Å². The number of aryl methyl sites for hydroxylation is 1. The van der Waals surface area contributed by atoms with Crippen LogP contribution in [0.5, 0.6) is 11.5 Å². The Labute approximate surface area is 140 Å². The zero-order chi connectivity index (χ0) is 17.5. The third-order valence-electron chi connectivity index (χ3n) is 3.18. The topological polar surface area (TPSA) is 64.6 Å². The number of amides is 1. The lowest BCUT2D eigenvalue weighted by Crippen LogP contribution is -2.06. The lowest BCUT2D eigenvalue weighted by atomic mass is 10.1. The number of hydrogen-bond donors (Lipinski definition) is 1. The Hall–Kier alpha value is -3.08. The summed E-state index contributed by atoms with van der Waals surface area (Å²) >= 11 is 0. The first-order valence-electron chi connectivity index (χ1n) is 7.40. The van der Waals surface area contributed by atoms with E-state index in [0.29, 0.717) is 17.2 Å². The van der Waals surface area contributed by atoms with Crippen molar-refractivity contribution in [3.63, 3.8) is 0 Å². The normalized spacial score (nSPS) is 10.5. The summed E-state index contributed by atoms with van der Waals surface area (Å²) in [5, 5.41) is 2.64. The van der Waals surface area contributed by atoms with Crippen molar-refractivity contribution in [3.8, 4) is 11.5 Å². The average molecular weight is 325 g/mol. The Kier molecular flexibility index (Phi) is 5.73. The first kappa shape index (κ1) is 17.3. The van der Waals surface area contributed by atoms with Gasteiger partial charge in [0.15, 0.2) is 0 Å². The highest BCUT2D eigenvalue weighted by molar-refractivity contribution is 5.90. The van der Waals surface area contributed by atoms with Crippen molar-refractivity contribution in [3.05, 3.63) is 59.7 Å². The van der Waals surface area contributed by atoms with E-state index >= 15 is 0 Å². The number of methoxy groups -OCH3 is 1. The maximum Gasteiger partial charge on any atom is 0.336 e. The van der Waals surface area contributed by atoms with E-state index in [0.717, 1.165) is 11.1 Å². The van der Waals surface area contributed by atoms with Gasteiger partial charge in [0.2, 0.25) is 5.91 Å². The second-order valence-corrected chi connectivity index (χ2v) is 5.21. The maximum absolute atomic E-state index is 11.9. The highest BCUT2D eigenvalue weighted by Gasteiger charge is 2.04. The number of ether oxygens (including phenoxy) is 2. The molecule has 0 saturated heterocycles. The SMILES string of the molecule is COc1ccc(C)cc1/C=C/C(=O)Oc1ccc(NC(C)=O)cc1. The van der Waals surface area contributed by atoms with E-state index in [1.807, 2.05) is 25.1 Å². The summed E-state index contributed by atoms with van der Waals surface area (Å²) in [7, 11) is 1.58. The van der Waals surface area contributed by atoms with Gasteiger partial charge >= 0.3 is 5.97 Å². The molecule has 2 rings (SSSR count). The van der Waals surface area contributed by atoms with Gasteiger partial charge in [-0.2, -0.15) is 0 Å². The summed E-state index contributed by atoms with van der Waals surface area (Å²) in [5.74, 6) is 0.430. The van der Waals surface area contributed by atoms with Crippen molar-refractivity contribution in [2.45, 2.75) is 13.8 Å². The van der Waals surface area contributed by atoms with Crippen molar-refractivity contribution in [1.29, 1.82) is 0 Å². The van der Waals surface area contributed by atoms with Crippen LogP contribution in [-0.2, 0) is 9.59 Å². The Morgan fingerprint density at radius 1 is 1.08 bits per heavy atom. The van der Waals surface area contributed by atoms with Crippen LogP contribution in [0.4, 0.5) is 5.69 Å². The molecule has 0 fully saturated rings. The van der Waals surface area contributed by atoms with E-state index in [2.05, 4.69) is 5.32 Å². The van der Waals surface area contributed by atoms with Crippen LogP contribution in [0.2, 0.25) is 0 Å². The molecule has 24 heavy (non-hydrogen) atoms. The van der Waals surface area contributed by atoms with Gasteiger partial charge in [-0.15, -0.1) is 0 Å². The number of nitrogens with one attached hydrogen (secondary N) is 1. The van der Waals surface area contributed by atoms with Crippen LogP contribution in [-0.4, -0.2) is 19.0 Å². The number of rotatable bonds is 5. The van der Waals surface area contributed by atoms with Crippen LogP contribution >= 0.6 is 0 Å². The molecule has 0 aliphatic carbocycles. The van der Waals surface area contributed by atoms with Gasteiger partial charge in [0.05, 0.1) is 7.11 Å². The molecule has 5 nitrogen and oxygen atoms in total. The minimum atomic E-state index is -0.495. The molecule has 1 N–H and O–H groups in total. The van der Waals surface area contributed by atoms with Crippen LogP contribution in [0.3, 0.4) is 0 Å². The predicted molar refractivity (Wildman–Crippen MR) is 93.1 cm³/mol. The lowest BCUT2D eigenvalue weighted by molar-refractivity contribution is -0.128. The molecular weight excluding hydrogens is 306 g/mol. The molecule has 0 aliphatic heterocycles. The van der Waals surface area contributed by atoms with E-state index in [-0.39, 0.29) is 5.91 Å². The number of carbonyl (C=O) groups is 2.